The summed E-state index contributed by atoms with van der Waals surface area (Å²) in [5.74, 6) is 1.58. The molecule has 19 heavy (non-hydrogen) atoms. The average Bonchev–Trinajstić information content (AvgIpc) is 3.07. The van der Waals surface area contributed by atoms with Crippen molar-refractivity contribution in [2.75, 3.05) is 0 Å². The summed E-state index contributed by atoms with van der Waals surface area (Å²) >= 11 is 0. The second kappa shape index (κ2) is 5.66. The molecule has 3 atom stereocenters. The minimum Gasteiger partial charge on any atom is -0.327 e. The summed E-state index contributed by atoms with van der Waals surface area (Å²) in [5.41, 5.74) is 7.58. The molecule has 0 bridgehead atoms. The Balaban J connectivity index is 1.57. The maximum absolute atomic E-state index is 6.39. The molecule has 0 spiro atoms. The summed E-state index contributed by atoms with van der Waals surface area (Å²) in [6, 6.07) is 3.13. The highest BCUT2D eigenvalue weighted by molar-refractivity contribution is 5.03. The van der Waals surface area contributed by atoms with Crippen LogP contribution in [0.25, 0.3) is 0 Å². The quantitative estimate of drug-likeness (QED) is 0.903. The van der Waals surface area contributed by atoms with Crippen molar-refractivity contribution in [2.45, 2.75) is 70.4 Å². The fraction of sp³-hybridized carbons (Fsp3) is 0.812. The number of nitrogens with zero attached hydrogens (tertiary/aromatic N) is 2. The summed E-state index contributed by atoms with van der Waals surface area (Å²) in [5, 5.41) is 4.76. The van der Waals surface area contributed by atoms with E-state index >= 15 is 0 Å². The Hall–Kier alpha value is -0.830. The minimum atomic E-state index is 0.303. The smallest absolute Gasteiger partial charge is 0.0640 e. The molecular weight excluding hydrogens is 234 g/mol. The maximum Gasteiger partial charge on any atom is 0.0640 e. The number of aromatic nitrogens is 2. The average molecular weight is 261 g/mol. The van der Waals surface area contributed by atoms with Crippen molar-refractivity contribution in [1.82, 2.24) is 9.78 Å². The van der Waals surface area contributed by atoms with Crippen LogP contribution in [0.15, 0.2) is 12.3 Å². The van der Waals surface area contributed by atoms with Gasteiger partial charge in [-0.3, -0.25) is 4.68 Å². The van der Waals surface area contributed by atoms with Crippen molar-refractivity contribution in [3.8, 4) is 0 Å². The van der Waals surface area contributed by atoms with Crippen LogP contribution in [0.1, 0.15) is 63.6 Å². The Labute approximate surface area is 116 Å². The van der Waals surface area contributed by atoms with Gasteiger partial charge in [0.1, 0.15) is 0 Å². The number of hydrogen-bond acceptors (Lipinski definition) is 2. The lowest BCUT2D eigenvalue weighted by Crippen LogP contribution is -2.31. The minimum absolute atomic E-state index is 0.303. The molecule has 1 aromatic heterocycles. The van der Waals surface area contributed by atoms with Gasteiger partial charge in [-0.1, -0.05) is 26.2 Å². The van der Waals surface area contributed by atoms with E-state index in [1.54, 1.807) is 0 Å². The Morgan fingerprint density at radius 3 is 2.79 bits per heavy atom. The van der Waals surface area contributed by atoms with Gasteiger partial charge in [-0.2, -0.15) is 5.10 Å². The molecule has 3 unspecified atom stereocenters. The van der Waals surface area contributed by atoms with E-state index in [0.29, 0.717) is 18.0 Å². The summed E-state index contributed by atoms with van der Waals surface area (Å²) < 4.78 is 2.19. The monoisotopic (exact) mass is 261 g/mol. The Bertz CT molecular complexity index is 406. The molecule has 1 aromatic rings. The molecule has 2 fully saturated rings. The third-order valence-electron chi connectivity index (χ3n) is 5.15. The second-order valence-corrected chi connectivity index (χ2v) is 6.77. The number of rotatable bonds is 4. The van der Waals surface area contributed by atoms with Gasteiger partial charge in [0, 0.05) is 18.7 Å². The van der Waals surface area contributed by atoms with Crippen LogP contribution in [0, 0.1) is 11.8 Å². The van der Waals surface area contributed by atoms with Crippen molar-refractivity contribution in [3.63, 3.8) is 0 Å². The highest BCUT2D eigenvalue weighted by Gasteiger charge is 2.27. The van der Waals surface area contributed by atoms with E-state index in [2.05, 4.69) is 23.9 Å². The van der Waals surface area contributed by atoms with Gasteiger partial charge in [0.25, 0.3) is 0 Å². The molecule has 2 aliphatic rings. The molecule has 0 aromatic carbocycles. The fourth-order valence-electron chi connectivity index (χ4n) is 3.91. The van der Waals surface area contributed by atoms with Crippen LogP contribution in [0.3, 0.4) is 0 Å². The van der Waals surface area contributed by atoms with Gasteiger partial charge >= 0.3 is 0 Å². The normalized spacial score (nSPS) is 30.0. The molecule has 0 amide bonds. The Morgan fingerprint density at radius 1 is 1.32 bits per heavy atom. The van der Waals surface area contributed by atoms with Gasteiger partial charge in [0.15, 0.2) is 0 Å². The maximum atomic E-state index is 6.39. The Kier molecular flexibility index (Phi) is 3.92. The molecule has 0 saturated heterocycles. The number of hydrogen-bond donors (Lipinski definition) is 1. The van der Waals surface area contributed by atoms with Crippen molar-refractivity contribution < 1.29 is 0 Å². The van der Waals surface area contributed by atoms with E-state index in [1.165, 1.54) is 50.6 Å². The van der Waals surface area contributed by atoms with E-state index in [0.717, 1.165) is 12.3 Å². The first-order valence-corrected chi connectivity index (χ1v) is 8.02. The van der Waals surface area contributed by atoms with E-state index in [1.807, 2.05) is 0 Å². The van der Waals surface area contributed by atoms with Crippen LogP contribution < -0.4 is 5.73 Å². The third-order valence-corrected chi connectivity index (χ3v) is 5.15. The number of nitrogens with two attached hydrogens (primary N) is 1. The highest BCUT2D eigenvalue weighted by atomic mass is 15.3. The van der Waals surface area contributed by atoms with Gasteiger partial charge in [-0.05, 0) is 43.6 Å². The predicted octanol–water partition coefficient (Wildman–Crippen LogP) is 3.30. The van der Waals surface area contributed by atoms with Gasteiger partial charge in [-0.25, -0.2) is 0 Å². The van der Waals surface area contributed by atoms with Crippen molar-refractivity contribution >= 4 is 0 Å². The molecule has 0 radical (unpaired) electrons. The van der Waals surface area contributed by atoms with Crippen LogP contribution in [-0.4, -0.2) is 15.8 Å². The SMILES string of the molecule is CC1CCC(C(N)Cc2ccn(C3CCCC3)n2)C1. The van der Waals surface area contributed by atoms with E-state index in [-0.39, 0.29) is 0 Å². The zero-order chi connectivity index (χ0) is 13.2. The predicted molar refractivity (Wildman–Crippen MR) is 77.9 cm³/mol. The molecule has 106 valence electrons. The van der Waals surface area contributed by atoms with Gasteiger partial charge in [0.2, 0.25) is 0 Å². The molecule has 3 heteroatoms. The third kappa shape index (κ3) is 3.02. The fourth-order valence-corrected chi connectivity index (χ4v) is 3.91. The first-order valence-electron chi connectivity index (χ1n) is 8.02. The van der Waals surface area contributed by atoms with E-state index < -0.39 is 0 Å². The summed E-state index contributed by atoms with van der Waals surface area (Å²) in [4.78, 5) is 0. The van der Waals surface area contributed by atoms with Gasteiger partial charge < -0.3 is 5.73 Å². The Morgan fingerprint density at radius 2 is 2.11 bits per heavy atom. The lowest BCUT2D eigenvalue weighted by Gasteiger charge is -2.18. The van der Waals surface area contributed by atoms with Crippen molar-refractivity contribution in [3.05, 3.63) is 18.0 Å². The summed E-state index contributed by atoms with van der Waals surface area (Å²) in [7, 11) is 0. The largest absolute Gasteiger partial charge is 0.327 e. The van der Waals surface area contributed by atoms with Gasteiger partial charge in [0.05, 0.1) is 11.7 Å². The molecule has 3 rings (SSSR count). The molecular formula is C16H27N3. The van der Waals surface area contributed by atoms with Crippen LogP contribution in [0.4, 0.5) is 0 Å². The standard InChI is InChI=1S/C16H27N3/c1-12-6-7-13(10-12)16(17)11-14-8-9-19(18-14)15-4-2-3-5-15/h8-9,12-13,15-16H,2-7,10-11,17H2,1H3. The summed E-state index contributed by atoms with van der Waals surface area (Å²) in [6.45, 7) is 2.35. The van der Waals surface area contributed by atoms with Crippen LogP contribution >= 0.6 is 0 Å². The highest BCUT2D eigenvalue weighted by Crippen LogP contribution is 2.33. The van der Waals surface area contributed by atoms with Gasteiger partial charge in [-0.15, -0.1) is 0 Å². The topological polar surface area (TPSA) is 43.8 Å². The van der Waals surface area contributed by atoms with Crippen LogP contribution in [-0.2, 0) is 6.42 Å². The summed E-state index contributed by atoms with van der Waals surface area (Å²) in [6.07, 6.45) is 12.4. The molecule has 0 aliphatic heterocycles. The second-order valence-electron chi connectivity index (χ2n) is 6.77. The van der Waals surface area contributed by atoms with Crippen molar-refractivity contribution in [1.29, 1.82) is 0 Å². The van der Waals surface area contributed by atoms with E-state index in [4.69, 9.17) is 10.8 Å². The first-order chi connectivity index (χ1) is 9.22. The first kappa shape index (κ1) is 13.2. The van der Waals surface area contributed by atoms with Crippen LogP contribution in [0.5, 0.6) is 0 Å². The van der Waals surface area contributed by atoms with Crippen LogP contribution in [0.2, 0.25) is 0 Å². The molecule has 2 aliphatic carbocycles. The molecule has 2 N–H and O–H groups in total. The molecule has 3 nitrogen and oxygen atoms in total. The van der Waals surface area contributed by atoms with E-state index in [9.17, 15) is 0 Å². The zero-order valence-electron chi connectivity index (χ0n) is 12.1. The zero-order valence-corrected chi connectivity index (χ0v) is 12.1. The van der Waals surface area contributed by atoms with Crippen molar-refractivity contribution in [2.24, 2.45) is 17.6 Å². The molecule has 1 heterocycles. The lowest BCUT2D eigenvalue weighted by atomic mass is 9.94. The lowest BCUT2D eigenvalue weighted by molar-refractivity contribution is 0.407. The molecule has 2 saturated carbocycles.